The highest BCUT2D eigenvalue weighted by Gasteiger charge is 1.99. The Hall–Kier alpha value is -1.18. The second kappa shape index (κ2) is 11.5. The van der Waals surface area contributed by atoms with Crippen LogP contribution in [0.4, 0.5) is 5.69 Å². The van der Waals surface area contributed by atoms with Crippen LogP contribution >= 0.6 is 0 Å². The fourth-order valence-corrected chi connectivity index (χ4v) is 2.64. The number of hydrogen-bond donors (Lipinski definition) is 2. The first kappa shape index (κ1) is 17.9. The molecular weight excluding hydrogens is 258 g/mol. The summed E-state index contributed by atoms with van der Waals surface area (Å²) in [7, 11) is 0. The topological polar surface area (TPSA) is 32.3 Å². The number of phenols is 1. The lowest BCUT2D eigenvalue weighted by atomic mass is 10.1. The van der Waals surface area contributed by atoms with Gasteiger partial charge in [-0.1, -0.05) is 70.8 Å². The zero-order chi connectivity index (χ0) is 15.3. The molecule has 2 heteroatoms. The summed E-state index contributed by atoms with van der Waals surface area (Å²) in [4.78, 5) is 0. The van der Waals surface area contributed by atoms with Crippen molar-refractivity contribution < 1.29 is 5.11 Å². The van der Waals surface area contributed by atoms with Gasteiger partial charge >= 0.3 is 0 Å². The average molecular weight is 291 g/mol. The van der Waals surface area contributed by atoms with Gasteiger partial charge in [0.1, 0.15) is 5.75 Å². The number of hydrogen-bond acceptors (Lipinski definition) is 2. The van der Waals surface area contributed by atoms with E-state index in [2.05, 4.69) is 19.2 Å². The Balaban J connectivity index is 1.94. The molecule has 120 valence electrons. The summed E-state index contributed by atoms with van der Waals surface area (Å²) in [6.07, 6.45) is 13.7. The number of aryl methyl sites for hydroxylation is 1. The van der Waals surface area contributed by atoms with Crippen molar-refractivity contribution in [2.75, 3.05) is 11.9 Å². The standard InChI is InChI=1S/C19H33NO/c1-3-4-5-6-7-8-9-10-11-12-15-20-19-16-18(21)14-13-17(19)2/h13-14,16,20-21H,3-12,15H2,1-2H3. The highest BCUT2D eigenvalue weighted by Crippen LogP contribution is 2.20. The zero-order valence-corrected chi connectivity index (χ0v) is 14.0. The van der Waals surface area contributed by atoms with Gasteiger partial charge in [0.05, 0.1) is 0 Å². The van der Waals surface area contributed by atoms with Crippen molar-refractivity contribution in [2.45, 2.75) is 78.1 Å². The number of aromatic hydroxyl groups is 1. The molecule has 0 aliphatic rings. The normalized spacial score (nSPS) is 10.8. The van der Waals surface area contributed by atoms with Gasteiger partial charge in [-0.25, -0.2) is 0 Å². The molecule has 0 radical (unpaired) electrons. The van der Waals surface area contributed by atoms with E-state index in [-0.39, 0.29) is 0 Å². The number of benzene rings is 1. The Kier molecular flexibility index (Phi) is 9.77. The average Bonchev–Trinajstić information content (AvgIpc) is 2.48. The van der Waals surface area contributed by atoms with Gasteiger partial charge in [0, 0.05) is 18.3 Å². The molecule has 2 nitrogen and oxygen atoms in total. The second-order valence-corrected chi connectivity index (χ2v) is 6.11. The van der Waals surface area contributed by atoms with Crippen LogP contribution in [-0.4, -0.2) is 11.7 Å². The van der Waals surface area contributed by atoms with Crippen molar-refractivity contribution in [1.82, 2.24) is 0 Å². The van der Waals surface area contributed by atoms with Crippen LogP contribution in [0, 0.1) is 6.92 Å². The monoisotopic (exact) mass is 291 g/mol. The summed E-state index contributed by atoms with van der Waals surface area (Å²) in [6, 6.07) is 5.50. The highest BCUT2D eigenvalue weighted by molar-refractivity contribution is 5.54. The molecule has 0 saturated carbocycles. The fourth-order valence-electron chi connectivity index (χ4n) is 2.64. The number of rotatable bonds is 12. The van der Waals surface area contributed by atoms with E-state index in [4.69, 9.17) is 0 Å². The third-order valence-corrected chi connectivity index (χ3v) is 4.07. The molecule has 21 heavy (non-hydrogen) atoms. The van der Waals surface area contributed by atoms with E-state index in [9.17, 15) is 5.11 Å². The number of unbranched alkanes of at least 4 members (excludes halogenated alkanes) is 9. The molecule has 0 aliphatic carbocycles. The van der Waals surface area contributed by atoms with Crippen LogP contribution in [0.3, 0.4) is 0 Å². The maximum Gasteiger partial charge on any atom is 0.117 e. The lowest BCUT2D eigenvalue weighted by molar-refractivity contribution is 0.475. The van der Waals surface area contributed by atoms with E-state index in [0.717, 1.165) is 12.2 Å². The molecule has 2 N–H and O–H groups in total. The van der Waals surface area contributed by atoms with Crippen molar-refractivity contribution in [2.24, 2.45) is 0 Å². The Morgan fingerprint density at radius 1 is 0.857 bits per heavy atom. The van der Waals surface area contributed by atoms with Crippen LogP contribution in [0.1, 0.15) is 76.7 Å². The molecule has 0 aliphatic heterocycles. The molecule has 0 unspecified atom stereocenters. The summed E-state index contributed by atoms with van der Waals surface area (Å²) >= 11 is 0. The molecule has 1 aromatic rings. The van der Waals surface area contributed by atoms with Crippen LogP contribution in [0.2, 0.25) is 0 Å². The fraction of sp³-hybridized carbons (Fsp3) is 0.684. The SMILES string of the molecule is CCCCCCCCCCCCNc1cc(O)ccc1C. The van der Waals surface area contributed by atoms with E-state index in [1.807, 2.05) is 12.1 Å². The molecule has 0 amide bonds. The molecule has 0 heterocycles. The molecule has 1 aromatic carbocycles. The van der Waals surface area contributed by atoms with Gasteiger partial charge in [-0.05, 0) is 25.0 Å². The molecule has 0 aromatic heterocycles. The molecular formula is C19H33NO. The predicted octanol–water partition coefficient (Wildman–Crippen LogP) is 6.03. The molecule has 0 spiro atoms. The smallest absolute Gasteiger partial charge is 0.117 e. The van der Waals surface area contributed by atoms with E-state index in [1.54, 1.807) is 6.07 Å². The minimum absolute atomic E-state index is 0.339. The van der Waals surface area contributed by atoms with Crippen molar-refractivity contribution in [3.8, 4) is 5.75 Å². The van der Waals surface area contributed by atoms with Gasteiger partial charge in [0.2, 0.25) is 0 Å². The van der Waals surface area contributed by atoms with Gasteiger partial charge < -0.3 is 10.4 Å². The second-order valence-electron chi connectivity index (χ2n) is 6.11. The van der Waals surface area contributed by atoms with Crippen LogP contribution in [-0.2, 0) is 0 Å². The highest BCUT2D eigenvalue weighted by atomic mass is 16.3. The minimum atomic E-state index is 0.339. The molecule has 0 bridgehead atoms. The maximum atomic E-state index is 9.47. The molecule has 0 atom stereocenters. The van der Waals surface area contributed by atoms with Crippen LogP contribution in [0.5, 0.6) is 5.75 Å². The Bertz CT molecular complexity index is 376. The largest absolute Gasteiger partial charge is 0.508 e. The Morgan fingerprint density at radius 3 is 2.05 bits per heavy atom. The quantitative estimate of drug-likeness (QED) is 0.460. The van der Waals surface area contributed by atoms with Gasteiger partial charge in [0.25, 0.3) is 0 Å². The van der Waals surface area contributed by atoms with E-state index >= 15 is 0 Å². The van der Waals surface area contributed by atoms with Crippen LogP contribution in [0.25, 0.3) is 0 Å². The number of phenolic OH excluding ortho intramolecular Hbond substituents is 1. The van der Waals surface area contributed by atoms with E-state index in [0.29, 0.717) is 5.75 Å². The third kappa shape index (κ3) is 8.64. The first-order valence-electron chi connectivity index (χ1n) is 8.77. The summed E-state index contributed by atoms with van der Waals surface area (Å²) in [5.74, 6) is 0.339. The third-order valence-electron chi connectivity index (χ3n) is 4.07. The lowest BCUT2D eigenvalue weighted by Gasteiger charge is -2.09. The van der Waals surface area contributed by atoms with Crippen molar-refractivity contribution in [3.63, 3.8) is 0 Å². The number of anilines is 1. The van der Waals surface area contributed by atoms with Gasteiger partial charge in [-0.2, -0.15) is 0 Å². The lowest BCUT2D eigenvalue weighted by Crippen LogP contribution is -2.02. The number of nitrogens with one attached hydrogen (secondary N) is 1. The predicted molar refractivity (Wildman–Crippen MR) is 93.2 cm³/mol. The summed E-state index contributed by atoms with van der Waals surface area (Å²) in [5, 5.41) is 12.9. The molecule has 0 fully saturated rings. The summed E-state index contributed by atoms with van der Waals surface area (Å²) < 4.78 is 0. The first-order valence-corrected chi connectivity index (χ1v) is 8.77. The van der Waals surface area contributed by atoms with Crippen LogP contribution < -0.4 is 5.32 Å². The van der Waals surface area contributed by atoms with Gasteiger partial charge in [-0.15, -0.1) is 0 Å². The Labute approximate surface area is 131 Å². The first-order chi connectivity index (χ1) is 10.2. The summed E-state index contributed by atoms with van der Waals surface area (Å²) in [6.45, 7) is 5.34. The van der Waals surface area contributed by atoms with Crippen molar-refractivity contribution in [3.05, 3.63) is 23.8 Å². The van der Waals surface area contributed by atoms with Crippen molar-refractivity contribution >= 4 is 5.69 Å². The molecule has 1 rings (SSSR count). The summed E-state index contributed by atoms with van der Waals surface area (Å²) in [5.41, 5.74) is 2.26. The molecule has 0 saturated heterocycles. The zero-order valence-electron chi connectivity index (χ0n) is 14.0. The van der Waals surface area contributed by atoms with Crippen LogP contribution in [0.15, 0.2) is 18.2 Å². The minimum Gasteiger partial charge on any atom is -0.508 e. The van der Waals surface area contributed by atoms with E-state index < -0.39 is 0 Å². The Morgan fingerprint density at radius 2 is 1.43 bits per heavy atom. The van der Waals surface area contributed by atoms with Gasteiger partial charge in [0.15, 0.2) is 0 Å². The van der Waals surface area contributed by atoms with Crippen molar-refractivity contribution in [1.29, 1.82) is 0 Å². The van der Waals surface area contributed by atoms with E-state index in [1.165, 1.54) is 69.8 Å². The van der Waals surface area contributed by atoms with Gasteiger partial charge in [-0.3, -0.25) is 0 Å². The maximum absolute atomic E-state index is 9.47.